The van der Waals surface area contributed by atoms with Crippen LogP contribution >= 0.6 is 18.5 Å². The Balaban J connectivity index is 0.000000312. The van der Waals surface area contributed by atoms with Gasteiger partial charge >= 0.3 is 7.82 Å². The summed E-state index contributed by atoms with van der Waals surface area (Å²) in [4.78, 5) is 25.6. The number of rotatable bonds is 1. The second kappa shape index (κ2) is 5.96. The van der Waals surface area contributed by atoms with Gasteiger partial charge in [-0.25, -0.2) is 13.0 Å². The second-order valence-electron chi connectivity index (χ2n) is 3.34. The first kappa shape index (κ1) is 16.0. The zero-order valence-electron chi connectivity index (χ0n) is 9.21. The molecule has 0 radical (unpaired) electrons. The van der Waals surface area contributed by atoms with Crippen molar-refractivity contribution in [3.8, 4) is 0 Å². The topological polar surface area (TPSA) is 125 Å². The molecule has 2 aromatic rings. The maximum Gasteiger partial charge on any atom is 0.466 e. The van der Waals surface area contributed by atoms with Crippen LogP contribution < -0.4 is 0 Å². The van der Waals surface area contributed by atoms with Crippen molar-refractivity contribution in [2.45, 2.75) is 4.90 Å². The molecule has 1 aromatic carbocycles. The van der Waals surface area contributed by atoms with Crippen LogP contribution in [0.4, 0.5) is 0 Å². The lowest BCUT2D eigenvalue weighted by molar-refractivity contribution is 0.275. The van der Waals surface area contributed by atoms with Crippen LogP contribution in [0.3, 0.4) is 0 Å². The molecule has 1 aromatic heterocycles. The van der Waals surface area contributed by atoms with Crippen LogP contribution in [0, 0.1) is 0 Å². The minimum atomic E-state index is -4.64. The average Bonchev–Trinajstić information content (AvgIpc) is 2.25. The van der Waals surface area contributed by atoms with E-state index in [1.54, 1.807) is 24.5 Å². The number of nitrogens with zero attached hydrogens (tertiary/aromatic N) is 1. The van der Waals surface area contributed by atoms with E-state index in [1.165, 1.54) is 12.1 Å². The zero-order valence-corrected chi connectivity index (χ0v) is 11.7. The minimum Gasteiger partial charge on any atom is -0.303 e. The predicted octanol–water partition coefficient (Wildman–Crippen LogP) is 1.23. The third-order valence-electron chi connectivity index (χ3n) is 1.89. The summed E-state index contributed by atoms with van der Waals surface area (Å²) >= 11 is 0. The van der Waals surface area contributed by atoms with Crippen LogP contribution in [0.15, 0.2) is 41.6 Å². The minimum absolute atomic E-state index is 0.109. The van der Waals surface area contributed by atoms with E-state index in [-0.39, 0.29) is 4.90 Å². The molecule has 0 saturated heterocycles. The fourth-order valence-electron chi connectivity index (χ4n) is 1.21. The van der Waals surface area contributed by atoms with E-state index in [9.17, 15) is 8.42 Å². The molecule has 0 bridgehead atoms. The Bertz CT molecular complexity index is 720. The van der Waals surface area contributed by atoms with Gasteiger partial charge in [0, 0.05) is 28.5 Å². The highest BCUT2D eigenvalue weighted by atomic mass is 35.7. The van der Waals surface area contributed by atoms with Gasteiger partial charge in [-0.05, 0) is 23.6 Å². The molecular formula is C9H9ClNO6PS. The smallest absolute Gasteiger partial charge is 0.303 e. The van der Waals surface area contributed by atoms with Crippen LogP contribution in [0.5, 0.6) is 0 Å². The molecule has 0 fully saturated rings. The molecule has 0 aliphatic rings. The van der Waals surface area contributed by atoms with Crippen molar-refractivity contribution >= 4 is 38.3 Å². The number of halogens is 1. The van der Waals surface area contributed by atoms with E-state index in [0.717, 1.165) is 10.8 Å². The summed E-state index contributed by atoms with van der Waals surface area (Å²) in [6.07, 6.45) is 3.27. The summed E-state index contributed by atoms with van der Waals surface area (Å²) < 4.78 is 30.9. The summed E-state index contributed by atoms with van der Waals surface area (Å²) in [5.74, 6) is 0. The number of hydrogen-bond donors (Lipinski definition) is 3. The standard InChI is InChI=1S/C9H6ClNO2S.H3O4P/c10-14(12,13)9-2-1-8-6-11-4-3-7(8)5-9;1-5(2,3)4/h1-6H;(H3,1,2,3,4). The normalized spacial score (nSPS) is 11.8. The number of hydrogen-bond acceptors (Lipinski definition) is 4. The molecule has 0 aliphatic carbocycles. The van der Waals surface area contributed by atoms with Gasteiger partial charge < -0.3 is 14.7 Å². The van der Waals surface area contributed by atoms with Crippen molar-refractivity contribution in [3.63, 3.8) is 0 Å². The van der Waals surface area contributed by atoms with Crippen molar-refractivity contribution in [1.82, 2.24) is 4.98 Å². The lowest BCUT2D eigenvalue weighted by Gasteiger charge is -1.98. The molecule has 2 rings (SSSR count). The third-order valence-corrected chi connectivity index (χ3v) is 3.25. The van der Waals surface area contributed by atoms with Gasteiger partial charge in [-0.15, -0.1) is 0 Å². The number of benzene rings is 1. The van der Waals surface area contributed by atoms with E-state index in [4.69, 9.17) is 29.9 Å². The quantitative estimate of drug-likeness (QED) is 0.532. The molecule has 104 valence electrons. The van der Waals surface area contributed by atoms with Crippen molar-refractivity contribution in [2.24, 2.45) is 0 Å². The van der Waals surface area contributed by atoms with Crippen molar-refractivity contribution in [3.05, 3.63) is 36.7 Å². The Morgan fingerprint density at radius 3 is 2.21 bits per heavy atom. The number of pyridine rings is 1. The van der Waals surface area contributed by atoms with Crippen LogP contribution in [0.2, 0.25) is 0 Å². The third kappa shape index (κ3) is 6.11. The van der Waals surface area contributed by atoms with Crippen molar-refractivity contribution in [2.75, 3.05) is 0 Å². The van der Waals surface area contributed by atoms with Gasteiger partial charge in [0.15, 0.2) is 0 Å². The maximum atomic E-state index is 11.0. The van der Waals surface area contributed by atoms with Gasteiger partial charge in [0.05, 0.1) is 4.90 Å². The van der Waals surface area contributed by atoms with E-state index < -0.39 is 16.9 Å². The Kier molecular flexibility index (Phi) is 5.03. The first-order valence-corrected chi connectivity index (χ1v) is 8.51. The van der Waals surface area contributed by atoms with Crippen LogP contribution in [0.25, 0.3) is 10.8 Å². The lowest BCUT2D eigenvalue weighted by Crippen LogP contribution is -1.89. The summed E-state index contributed by atoms with van der Waals surface area (Å²) in [6, 6.07) is 6.41. The molecule has 0 saturated carbocycles. The molecule has 0 amide bonds. The fourth-order valence-corrected chi connectivity index (χ4v) is 2.00. The molecular weight excluding hydrogens is 317 g/mol. The summed E-state index contributed by atoms with van der Waals surface area (Å²) in [7, 11) is -3.07. The Morgan fingerprint density at radius 2 is 1.68 bits per heavy atom. The maximum absolute atomic E-state index is 11.0. The van der Waals surface area contributed by atoms with Gasteiger partial charge in [0.2, 0.25) is 0 Å². The second-order valence-corrected chi connectivity index (χ2v) is 6.93. The molecule has 0 aliphatic heterocycles. The number of aromatic nitrogens is 1. The fraction of sp³-hybridized carbons (Fsp3) is 0. The molecule has 7 nitrogen and oxygen atoms in total. The average molecular weight is 326 g/mol. The van der Waals surface area contributed by atoms with E-state index in [1.807, 2.05) is 0 Å². The first-order chi connectivity index (χ1) is 8.57. The molecule has 10 heteroatoms. The van der Waals surface area contributed by atoms with Gasteiger partial charge in [-0.1, -0.05) is 6.07 Å². The summed E-state index contributed by atoms with van der Waals surface area (Å²) in [5, 5.41) is 1.69. The molecule has 19 heavy (non-hydrogen) atoms. The Labute approximate surface area is 113 Å². The SMILES string of the molecule is O=P(O)(O)O.O=S(=O)(Cl)c1ccc2cnccc2c1. The van der Waals surface area contributed by atoms with E-state index >= 15 is 0 Å². The summed E-state index contributed by atoms with van der Waals surface area (Å²) in [6.45, 7) is 0. The zero-order chi connectivity index (χ0) is 14.7. The lowest BCUT2D eigenvalue weighted by atomic mass is 10.2. The predicted molar refractivity (Wildman–Crippen MR) is 69.0 cm³/mol. The highest BCUT2D eigenvalue weighted by molar-refractivity contribution is 8.13. The van der Waals surface area contributed by atoms with Gasteiger partial charge in [0.25, 0.3) is 9.05 Å². The van der Waals surface area contributed by atoms with E-state index in [0.29, 0.717) is 0 Å². The van der Waals surface area contributed by atoms with Gasteiger partial charge in [-0.2, -0.15) is 0 Å². The number of phosphoric acid groups is 1. The van der Waals surface area contributed by atoms with Crippen LogP contribution in [-0.2, 0) is 13.6 Å². The summed E-state index contributed by atoms with van der Waals surface area (Å²) in [5.41, 5.74) is 0. The molecule has 1 heterocycles. The van der Waals surface area contributed by atoms with Crippen LogP contribution in [0.1, 0.15) is 0 Å². The molecule has 0 spiro atoms. The Morgan fingerprint density at radius 1 is 1.11 bits per heavy atom. The first-order valence-electron chi connectivity index (χ1n) is 4.64. The van der Waals surface area contributed by atoms with E-state index in [2.05, 4.69) is 4.98 Å². The van der Waals surface area contributed by atoms with Crippen molar-refractivity contribution < 1.29 is 27.7 Å². The Hall–Kier alpha value is -1.02. The molecule has 0 atom stereocenters. The van der Waals surface area contributed by atoms with Gasteiger partial charge in [0.1, 0.15) is 0 Å². The van der Waals surface area contributed by atoms with Gasteiger partial charge in [-0.3, -0.25) is 4.98 Å². The molecule has 3 N–H and O–H groups in total. The monoisotopic (exact) mass is 325 g/mol. The van der Waals surface area contributed by atoms with Crippen LogP contribution in [-0.4, -0.2) is 28.1 Å². The highest BCUT2D eigenvalue weighted by Crippen LogP contribution is 2.25. The highest BCUT2D eigenvalue weighted by Gasteiger charge is 2.09. The van der Waals surface area contributed by atoms with Crippen molar-refractivity contribution in [1.29, 1.82) is 0 Å². The number of fused-ring (bicyclic) bond motifs is 1. The largest absolute Gasteiger partial charge is 0.466 e. The molecule has 0 unspecified atom stereocenters.